The van der Waals surface area contributed by atoms with Gasteiger partial charge in [-0.25, -0.2) is 9.97 Å². The molecule has 0 aliphatic carbocycles. The van der Waals surface area contributed by atoms with Gasteiger partial charge < -0.3 is 9.80 Å². The minimum Gasteiger partial charge on any atom is -0.312 e. The second-order valence-electron chi connectivity index (χ2n) is 4.74. The molecule has 0 unspecified atom stereocenters. The zero-order valence-corrected chi connectivity index (χ0v) is 13.0. The predicted octanol–water partition coefficient (Wildman–Crippen LogP) is 2.91. The van der Waals surface area contributed by atoms with E-state index < -0.39 is 0 Å². The molecule has 0 aromatic carbocycles. The van der Waals surface area contributed by atoms with Crippen LogP contribution >= 0.6 is 15.9 Å². The van der Waals surface area contributed by atoms with Crippen molar-refractivity contribution in [1.29, 1.82) is 0 Å². The van der Waals surface area contributed by atoms with Gasteiger partial charge in [-0.05, 0) is 41.1 Å². The number of carbonyl (C=O) groups is 1. The van der Waals surface area contributed by atoms with Gasteiger partial charge in [-0.1, -0.05) is 0 Å². The van der Waals surface area contributed by atoms with Crippen molar-refractivity contribution >= 4 is 39.2 Å². The van der Waals surface area contributed by atoms with Crippen molar-refractivity contribution in [2.24, 2.45) is 0 Å². The third kappa shape index (κ3) is 1.87. The molecule has 1 aliphatic rings. The summed E-state index contributed by atoms with van der Waals surface area (Å²) < 4.78 is 0.779. The number of pyridine rings is 2. The van der Waals surface area contributed by atoms with Crippen molar-refractivity contribution in [3.63, 3.8) is 0 Å². The molecular weight excluding hydrogens is 320 g/mol. The van der Waals surface area contributed by atoms with Gasteiger partial charge in [-0.15, -0.1) is 0 Å². The Hall–Kier alpha value is -1.95. The molecule has 0 fully saturated rings. The predicted molar refractivity (Wildman–Crippen MR) is 81.7 cm³/mol. The van der Waals surface area contributed by atoms with Gasteiger partial charge in [0.05, 0.1) is 11.3 Å². The first-order valence-corrected chi connectivity index (χ1v) is 6.93. The van der Waals surface area contributed by atoms with E-state index in [0.29, 0.717) is 11.4 Å². The third-order valence-corrected chi connectivity index (χ3v) is 3.79. The highest BCUT2D eigenvalue weighted by Crippen LogP contribution is 2.37. The van der Waals surface area contributed by atoms with Gasteiger partial charge in [0.15, 0.2) is 5.82 Å². The summed E-state index contributed by atoms with van der Waals surface area (Å²) >= 11 is 3.36. The number of halogens is 1. The Morgan fingerprint density at radius 2 is 1.90 bits per heavy atom. The second kappa shape index (κ2) is 4.56. The lowest BCUT2D eigenvalue weighted by Gasteiger charge is -2.20. The second-order valence-corrected chi connectivity index (χ2v) is 5.66. The molecule has 102 valence electrons. The van der Waals surface area contributed by atoms with Crippen molar-refractivity contribution in [2.45, 2.75) is 6.92 Å². The van der Waals surface area contributed by atoms with Crippen LogP contribution in [0, 0.1) is 6.92 Å². The van der Waals surface area contributed by atoms with Crippen LogP contribution in [-0.2, 0) is 0 Å². The largest absolute Gasteiger partial charge is 0.312 e. The van der Waals surface area contributed by atoms with Crippen LogP contribution in [0.15, 0.2) is 28.9 Å². The molecule has 0 N–H and O–H groups in total. The fourth-order valence-corrected chi connectivity index (χ4v) is 2.62. The number of amides is 1. The molecule has 0 saturated carbocycles. The van der Waals surface area contributed by atoms with E-state index in [1.165, 1.54) is 0 Å². The average Bonchev–Trinajstić information content (AvgIpc) is 2.50. The molecule has 0 bridgehead atoms. The molecule has 0 spiro atoms. The lowest BCUT2D eigenvalue weighted by molar-refractivity contribution is 0.0994. The molecule has 1 amide bonds. The first-order chi connectivity index (χ1) is 9.49. The van der Waals surface area contributed by atoms with Gasteiger partial charge in [0.1, 0.15) is 5.82 Å². The van der Waals surface area contributed by atoms with Crippen molar-refractivity contribution < 1.29 is 4.79 Å². The van der Waals surface area contributed by atoms with Gasteiger partial charge in [-0.2, -0.15) is 0 Å². The zero-order valence-electron chi connectivity index (χ0n) is 11.4. The number of nitrogens with zero attached hydrogens (tertiary/aromatic N) is 4. The van der Waals surface area contributed by atoms with E-state index in [2.05, 4.69) is 25.9 Å². The van der Waals surface area contributed by atoms with Crippen LogP contribution in [0.4, 0.5) is 17.3 Å². The fourth-order valence-electron chi connectivity index (χ4n) is 2.29. The van der Waals surface area contributed by atoms with Crippen molar-refractivity contribution in [1.82, 2.24) is 9.97 Å². The summed E-state index contributed by atoms with van der Waals surface area (Å²) in [6.45, 7) is 1.93. The molecule has 20 heavy (non-hydrogen) atoms. The topological polar surface area (TPSA) is 49.3 Å². The van der Waals surface area contributed by atoms with Gasteiger partial charge in [0, 0.05) is 30.5 Å². The summed E-state index contributed by atoms with van der Waals surface area (Å²) in [5, 5.41) is 0. The van der Waals surface area contributed by atoms with Gasteiger partial charge in [0.25, 0.3) is 5.91 Å². The number of anilines is 3. The zero-order chi connectivity index (χ0) is 14.4. The van der Waals surface area contributed by atoms with Crippen molar-refractivity contribution in [3.8, 4) is 0 Å². The standard InChI is InChI=1S/C14H13BrN4O/c1-8-4-5-11-13(17-8)19(3)12-10(14(20)18(11)2)6-9(15)7-16-12/h4-7H,1-3H3. The number of aryl methyl sites for hydroxylation is 1. The summed E-state index contributed by atoms with van der Waals surface area (Å²) in [6, 6.07) is 5.60. The molecule has 2 aromatic rings. The number of rotatable bonds is 0. The molecule has 5 nitrogen and oxygen atoms in total. The maximum absolute atomic E-state index is 12.6. The number of fused-ring (bicyclic) bond motifs is 2. The first-order valence-electron chi connectivity index (χ1n) is 6.14. The van der Waals surface area contributed by atoms with Gasteiger partial charge in [0.2, 0.25) is 0 Å². The molecule has 1 aliphatic heterocycles. The molecular formula is C14H13BrN4O. The molecule has 6 heteroatoms. The van der Waals surface area contributed by atoms with Crippen molar-refractivity contribution in [3.05, 3.63) is 40.1 Å². The number of hydrogen-bond donors (Lipinski definition) is 0. The maximum atomic E-state index is 12.6. The van der Waals surface area contributed by atoms with E-state index in [-0.39, 0.29) is 5.91 Å². The van der Waals surface area contributed by atoms with E-state index in [4.69, 9.17) is 0 Å². The SMILES string of the molecule is Cc1ccc2c(n1)N(C)c1ncc(Br)cc1C(=O)N2C. The van der Waals surface area contributed by atoms with Crippen molar-refractivity contribution in [2.75, 3.05) is 23.9 Å². The monoisotopic (exact) mass is 332 g/mol. The summed E-state index contributed by atoms with van der Waals surface area (Å²) in [5.41, 5.74) is 2.23. The summed E-state index contributed by atoms with van der Waals surface area (Å²) in [5.74, 6) is 1.25. The quantitative estimate of drug-likeness (QED) is 0.744. The van der Waals surface area contributed by atoms with Crippen LogP contribution in [0.25, 0.3) is 0 Å². The lowest BCUT2D eigenvalue weighted by atomic mass is 10.2. The van der Waals surface area contributed by atoms with E-state index >= 15 is 0 Å². The highest BCUT2D eigenvalue weighted by atomic mass is 79.9. The molecule has 2 aromatic heterocycles. The van der Waals surface area contributed by atoms with Crippen LogP contribution in [0.3, 0.4) is 0 Å². The Balaban J connectivity index is 2.31. The summed E-state index contributed by atoms with van der Waals surface area (Å²) in [6.07, 6.45) is 1.68. The summed E-state index contributed by atoms with van der Waals surface area (Å²) in [7, 11) is 3.62. The summed E-state index contributed by atoms with van der Waals surface area (Å²) in [4.78, 5) is 25.0. The Morgan fingerprint density at radius 3 is 2.65 bits per heavy atom. The van der Waals surface area contributed by atoms with Crippen LogP contribution in [0.1, 0.15) is 16.1 Å². The van der Waals surface area contributed by atoms with E-state index in [1.807, 2.05) is 31.0 Å². The fraction of sp³-hybridized carbons (Fsp3) is 0.214. The maximum Gasteiger partial charge on any atom is 0.261 e. The first kappa shape index (κ1) is 13.1. The highest BCUT2D eigenvalue weighted by Gasteiger charge is 2.29. The Labute approximate surface area is 125 Å². The Bertz CT molecular complexity index is 716. The molecule has 0 saturated heterocycles. The lowest BCUT2D eigenvalue weighted by Crippen LogP contribution is -2.25. The van der Waals surface area contributed by atoms with Crippen LogP contribution < -0.4 is 9.80 Å². The normalized spacial score (nSPS) is 13.9. The van der Waals surface area contributed by atoms with Gasteiger partial charge >= 0.3 is 0 Å². The molecule has 3 rings (SSSR count). The van der Waals surface area contributed by atoms with E-state index in [0.717, 1.165) is 21.7 Å². The minimum absolute atomic E-state index is 0.0925. The number of aromatic nitrogens is 2. The smallest absolute Gasteiger partial charge is 0.261 e. The molecule has 0 radical (unpaired) electrons. The third-order valence-electron chi connectivity index (χ3n) is 3.36. The Morgan fingerprint density at radius 1 is 1.15 bits per heavy atom. The highest BCUT2D eigenvalue weighted by molar-refractivity contribution is 9.10. The van der Waals surface area contributed by atoms with E-state index in [1.54, 1.807) is 24.2 Å². The van der Waals surface area contributed by atoms with Gasteiger partial charge in [-0.3, -0.25) is 4.79 Å². The number of carbonyl (C=O) groups excluding carboxylic acids is 1. The van der Waals surface area contributed by atoms with Crippen LogP contribution in [0.2, 0.25) is 0 Å². The minimum atomic E-state index is -0.0925. The van der Waals surface area contributed by atoms with Crippen LogP contribution in [-0.4, -0.2) is 30.0 Å². The number of hydrogen-bond acceptors (Lipinski definition) is 4. The molecule has 3 heterocycles. The van der Waals surface area contributed by atoms with Crippen LogP contribution in [0.5, 0.6) is 0 Å². The van der Waals surface area contributed by atoms with E-state index in [9.17, 15) is 4.79 Å². The Kier molecular flexibility index (Phi) is 2.97. The average molecular weight is 333 g/mol. The molecule has 0 atom stereocenters.